The first-order chi connectivity index (χ1) is 8.24. The summed E-state index contributed by atoms with van der Waals surface area (Å²) in [6.45, 7) is 0. The highest BCUT2D eigenvalue weighted by molar-refractivity contribution is 9.10. The fraction of sp³-hybridized carbons (Fsp3) is 0. The van der Waals surface area contributed by atoms with Gasteiger partial charge in [-0.2, -0.15) is 0 Å². The van der Waals surface area contributed by atoms with Crippen molar-refractivity contribution in [2.45, 2.75) is 0 Å². The Balaban J connectivity index is 2.23. The molecule has 17 heavy (non-hydrogen) atoms. The summed E-state index contributed by atoms with van der Waals surface area (Å²) in [5.41, 5.74) is 1.57. The van der Waals surface area contributed by atoms with Crippen molar-refractivity contribution in [1.29, 1.82) is 0 Å². The number of hydrogen-bond donors (Lipinski definition) is 1. The summed E-state index contributed by atoms with van der Waals surface area (Å²) in [7, 11) is 0. The molecule has 0 amide bonds. The highest BCUT2D eigenvalue weighted by Crippen LogP contribution is 2.20. The van der Waals surface area contributed by atoms with E-state index in [1.54, 1.807) is 0 Å². The molecule has 84 valence electrons. The lowest BCUT2D eigenvalue weighted by atomic mass is 10.2. The summed E-state index contributed by atoms with van der Waals surface area (Å²) in [4.78, 5) is 19.0. The van der Waals surface area contributed by atoms with E-state index in [2.05, 4.69) is 25.9 Å². The molecule has 0 radical (unpaired) electrons. The van der Waals surface area contributed by atoms with Crippen molar-refractivity contribution in [2.75, 3.05) is 0 Å². The average Bonchev–Trinajstić information content (AvgIpc) is 2.78. The third kappa shape index (κ3) is 1.92. The molecular formula is C12H7BrN2OS. The van der Waals surface area contributed by atoms with Crippen molar-refractivity contribution < 1.29 is 0 Å². The highest BCUT2D eigenvalue weighted by atomic mass is 79.9. The first-order valence-corrected chi connectivity index (χ1v) is 6.65. The van der Waals surface area contributed by atoms with Crippen molar-refractivity contribution in [1.82, 2.24) is 9.97 Å². The van der Waals surface area contributed by atoms with Gasteiger partial charge in [-0.15, -0.1) is 11.3 Å². The van der Waals surface area contributed by atoms with Gasteiger partial charge in [0.05, 0.1) is 5.52 Å². The van der Waals surface area contributed by atoms with Crippen molar-refractivity contribution in [2.24, 2.45) is 0 Å². The Kier molecular flexibility index (Phi) is 2.57. The molecule has 5 heteroatoms. The van der Waals surface area contributed by atoms with E-state index < -0.39 is 0 Å². The number of aromatic amines is 1. The monoisotopic (exact) mass is 306 g/mol. The normalized spacial score (nSPS) is 10.9. The third-order valence-electron chi connectivity index (χ3n) is 2.43. The van der Waals surface area contributed by atoms with Gasteiger partial charge in [0.25, 0.3) is 5.56 Å². The van der Waals surface area contributed by atoms with E-state index in [9.17, 15) is 4.79 Å². The van der Waals surface area contributed by atoms with Crippen molar-refractivity contribution >= 4 is 37.5 Å². The van der Waals surface area contributed by atoms with Crippen LogP contribution in [0.1, 0.15) is 0 Å². The van der Waals surface area contributed by atoms with Gasteiger partial charge in [0.15, 0.2) is 0 Å². The topological polar surface area (TPSA) is 45.8 Å². The zero-order chi connectivity index (χ0) is 11.8. The largest absolute Gasteiger partial charge is 0.305 e. The number of halogens is 1. The predicted molar refractivity (Wildman–Crippen MR) is 73.4 cm³/mol. The van der Waals surface area contributed by atoms with Crippen molar-refractivity contribution in [3.8, 4) is 11.4 Å². The lowest BCUT2D eigenvalue weighted by Crippen LogP contribution is -2.07. The van der Waals surface area contributed by atoms with Gasteiger partial charge in [-0.25, -0.2) is 4.98 Å². The number of hydrogen-bond acceptors (Lipinski definition) is 3. The number of benzene rings is 1. The Morgan fingerprint density at radius 3 is 2.71 bits per heavy atom. The van der Waals surface area contributed by atoms with Crippen LogP contribution in [0.25, 0.3) is 21.6 Å². The molecule has 0 fully saturated rings. The van der Waals surface area contributed by atoms with E-state index in [-0.39, 0.29) is 5.56 Å². The molecule has 0 unspecified atom stereocenters. The fourth-order valence-electron chi connectivity index (χ4n) is 1.62. The van der Waals surface area contributed by atoms with Crippen LogP contribution >= 0.6 is 27.3 Å². The minimum atomic E-state index is -0.0806. The van der Waals surface area contributed by atoms with Crippen LogP contribution in [0.5, 0.6) is 0 Å². The lowest BCUT2D eigenvalue weighted by molar-refractivity contribution is 1.19. The van der Waals surface area contributed by atoms with Crippen molar-refractivity contribution in [3.05, 3.63) is 50.5 Å². The number of thiophene rings is 1. The van der Waals surface area contributed by atoms with Gasteiger partial charge in [-0.1, -0.05) is 28.1 Å². The van der Waals surface area contributed by atoms with Gasteiger partial charge in [-0.05, 0) is 23.6 Å². The molecule has 0 bridgehead atoms. The Morgan fingerprint density at radius 2 is 1.94 bits per heavy atom. The van der Waals surface area contributed by atoms with Crippen molar-refractivity contribution in [3.63, 3.8) is 0 Å². The minimum Gasteiger partial charge on any atom is -0.305 e. The van der Waals surface area contributed by atoms with Crippen LogP contribution in [-0.4, -0.2) is 9.97 Å². The van der Waals surface area contributed by atoms with Crippen LogP contribution in [0.3, 0.4) is 0 Å². The van der Waals surface area contributed by atoms with Gasteiger partial charge in [-0.3, -0.25) is 4.79 Å². The van der Waals surface area contributed by atoms with Crippen LogP contribution < -0.4 is 5.56 Å². The number of fused-ring (bicyclic) bond motifs is 1. The summed E-state index contributed by atoms with van der Waals surface area (Å²) >= 11 is 4.78. The second-order valence-corrected chi connectivity index (χ2v) is 5.39. The van der Waals surface area contributed by atoms with E-state index in [0.29, 0.717) is 10.5 Å². The van der Waals surface area contributed by atoms with Crippen LogP contribution in [0.2, 0.25) is 0 Å². The molecular weight excluding hydrogens is 300 g/mol. The molecule has 1 aromatic carbocycles. The average molecular weight is 307 g/mol. The predicted octanol–water partition coefficient (Wildman–Crippen LogP) is 3.41. The zero-order valence-corrected chi connectivity index (χ0v) is 11.0. The molecule has 0 aliphatic carbocycles. The van der Waals surface area contributed by atoms with E-state index in [4.69, 9.17) is 0 Å². The smallest absolute Gasteiger partial charge is 0.269 e. The number of nitrogens with one attached hydrogen (secondary N) is 1. The highest BCUT2D eigenvalue weighted by Gasteiger charge is 2.06. The minimum absolute atomic E-state index is 0.0806. The summed E-state index contributed by atoms with van der Waals surface area (Å²) < 4.78 is 1.67. The summed E-state index contributed by atoms with van der Waals surface area (Å²) in [6.07, 6.45) is 0. The van der Waals surface area contributed by atoms with Gasteiger partial charge < -0.3 is 4.98 Å². The Hall–Kier alpha value is -1.46. The van der Waals surface area contributed by atoms with Gasteiger partial charge in [0.2, 0.25) is 0 Å². The van der Waals surface area contributed by atoms with Gasteiger partial charge in [0, 0.05) is 10.0 Å². The molecule has 3 aromatic rings. The standard InChI is InChI=1S/C12H7BrN2OS/c13-8-3-1-7(2-4-8)11-14-9-5-6-17-10(9)12(16)15-11/h1-6H,(H,14,15,16). The van der Waals surface area contributed by atoms with E-state index in [1.807, 2.05) is 35.7 Å². The van der Waals surface area contributed by atoms with Crippen LogP contribution in [-0.2, 0) is 0 Å². The van der Waals surface area contributed by atoms with E-state index in [0.717, 1.165) is 15.6 Å². The number of aromatic nitrogens is 2. The maximum atomic E-state index is 11.8. The Labute approximate surface area is 109 Å². The molecule has 2 heterocycles. The van der Waals surface area contributed by atoms with E-state index >= 15 is 0 Å². The number of nitrogens with zero attached hydrogens (tertiary/aromatic N) is 1. The van der Waals surface area contributed by atoms with Crippen LogP contribution in [0, 0.1) is 0 Å². The quantitative estimate of drug-likeness (QED) is 0.749. The maximum absolute atomic E-state index is 11.8. The molecule has 1 N–H and O–H groups in total. The SMILES string of the molecule is O=c1[nH]c(-c2ccc(Br)cc2)nc2ccsc12. The lowest BCUT2D eigenvalue weighted by Gasteiger charge is -2.00. The molecule has 0 aliphatic heterocycles. The third-order valence-corrected chi connectivity index (χ3v) is 3.86. The second-order valence-electron chi connectivity index (χ2n) is 3.56. The zero-order valence-electron chi connectivity index (χ0n) is 8.61. The second kappa shape index (κ2) is 4.09. The summed E-state index contributed by atoms with van der Waals surface area (Å²) in [5, 5.41) is 1.87. The molecule has 3 rings (SSSR count). The Morgan fingerprint density at radius 1 is 1.18 bits per heavy atom. The molecule has 2 aromatic heterocycles. The maximum Gasteiger partial charge on any atom is 0.269 e. The summed E-state index contributed by atoms with van der Waals surface area (Å²) in [6, 6.07) is 9.54. The fourth-order valence-corrected chi connectivity index (χ4v) is 2.61. The van der Waals surface area contributed by atoms with Crippen LogP contribution in [0.15, 0.2) is 45.0 Å². The first-order valence-electron chi connectivity index (χ1n) is 4.97. The molecule has 0 atom stereocenters. The summed E-state index contributed by atoms with van der Waals surface area (Å²) in [5.74, 6) is 0.605. The molecule has 0 saturated carbocycles. The number of H-pyrrole nitrogens is 1. The molecule has 0 aliphatic rings. The van der Waals surface area contributed by atoms with Gasteiger partial charge in [0.1, 0.15) is 10.5 Å². The number of rotatable bonds is 1. The van der Waals surface area contributed by atoms with Gasteiger partial charge >= 0.3 is 0 Å². The van der Waals surface area contributed by atoms with E-state index in [1.165, 1.54) is 11.3 Å². The first kappa shape index (κ1) is 10.7. The Bertz CT molecular complexity index is 730. The molecule has 0 saturated heterocycles. The molecule has 0 spiro atoms. The molecule has 3 nitrogen and oxygen atoms in total. The van der Waals surface area contributed by atoms with Crippen LogP contribution in [0.4, 0.5) is 0 Å².